The molecule has 1 heterocycles. The molecule has 0 aliphatic carbocycles. The molecule has 0 spiro atoms. The first-order valence-corrected chi connectivity index (χ1v) is 7.13. The second-order valence-corrected chi connectivity index (χ2v) is 5.47. The van der Waals surface area contributed by atoms with E-state index >= 15 is 0 Å². The zero-order valence-corrected chi connectivity index (χ0v) is 12.3. The molecule has 0 bridgehead atoms. The van der Waals surface area contributed by atoms with Gasteiger partial charge in [0.25, 0.3) is 0 Å². The van der Waals surface area contributed by atoms with Crippen LogP contribution in [0, 0.1) is 0 Å². The number of pyridine rings is 1. The van der Waals surface area contributed by atoms with Gasteiger partial charge in [0, 0.05) is 17.0 Å². The summed E-state index contributed by atoms with van der Waals surface area (Å²) in [5.41, 5.74) is 8.84. The Labute approximate surface area is 127 Å². The molecule has 3 N–H and O–H groups in total. The van der Waals surface area contributed by atoms with Crippen molar-refractivity contribution in [1.82, 2.24) is 4.98 Å². The lowest BCUT2D eigenvalue weighted by Crippen LogP contribution is -2.20. The van der Waals surface area contributed by atoms with Crippen LogP contribution in [0.15, 0.2) is 53.3 Å². The molecule has 3 nitrogen and oxygen atoms in total. The number of nitrogens with two attached hydrogens (primary N) is 1. The zero-order valence-electron chi connectivity index (χ0n) is 11.6. The first kappa shape index (κ1) is 13.9. The van der Waals surface area contributed by atoms with Gasteiger partial charge in [-0.25, -0.2) is 0 Å². The molecule has 0 amide bonds. The first-order valence-electron chi connectivity index (χ1n) is 6.75. The van der Waals surface area contributed by atoms with Crippen molar-refractivity contribution in [3.05, 3.63) is 69.3 Å². The highest BCUT2D eigenvalue weighted by molar-refractivity contribution is 6.35. The maximum atomic E-state index is 12.8. The molecule has 0 aliphatic rings. The molecule has 0 aliphatic heterocycles. The van der Waals surface area contributed by atoms with Gasteiger partial charge in [0.05, 0.1) is 16.2 Å². The number of H-pyrrole nitrogens is 1. The first-order chi connectivity index (χ1) is 10.1. The Morgan fingerprint density at radius 1 is 1.10 bits per heavy atom. The quantitative estimate of drug-likeness (QED) is 0.754. The van der Waals surface area contributed by atoms with Crippen LogP contribution in [0.3, 0.4) is 0 Å². The number of aromatic nitrogens is 1. The van der Waals surface area contributed by atoms with Crippen LogP contribution >= 0.6 is 11.6 Å². The number of halogens is 1. The lowest BCUT2D eigenvalue weighted by molar-refractivity contribution is 0.810. The standard InChI is InChI=1S/C17H15ClN2O/c1-10(19)14-15(11-6-3-2-4-7-11)20-16-12(17(14)21)8-5-9-13(16)18/h2-10H,19H2,1H3,(H,20,21). The van der Waals surface area contributed by atoms with Gasteiger partial charge >= 0.3 is 0 Å². The van der Waals surface area contributed by atoms with Gasteiger partial charge in [0.2, 0.25) is 0 Å². The highest BCUT2D eigenvalue weighted by Gasteiger charge is 2.17. The molecule has 1 aromatic heterocycles. The number of rotatable bonds is 2. The molecule has 3 aromatic rings. The van der Waals surface area contributed by atoms with Crippen molar-refractivity contribution in [3.63, 3.8) is 0 Å². The summed E-state index contributed by atoms with van der Waals surface area (Å²) in [4.78, 5) is 16.0. The van der Waals surface area contributed by atoms with E-state index in [9.17, 15) is 4.79 Å². The summed E-state index contributed by atoms with van der Waals surface area (Å²) in [5.74, 6) is 0. The van der Waals surface area contributed by atoms with Crippen LogP contribution in [0.5, 0.6) is 0 Å². The SMILES string of the molecule is CC(N)c1c(-c2ccccc2)[nH]c2c(Cl)cccc2c1=O. The van der Waals surface area contributed by atoms with Crippen molar-refractivity contribution in [2.75, 3.05) is 0 Å². The zero-order chi connectivity index (χ0) is 15.0. The molecule has 0 saturated heterocycles. The molecule has 21 heavy (non-hydrogen) atoms. The van der Waals surface area contributed by atoms with Crippen molar-refractivity contribution >= 4 is 22.5 Å². The molecule has 1 atom stereocenters. The summed E-state index contributed by atoms with van der Waals surface area (Å²) in [6.45, 7) is 1.81. The lowest BCUT2D eigenvalue weighted by Gasteiger charge is -2.14. The second-order valence-electron chi connectivity index (χ2n) is 5.06. The Balaban J connectivity index is 2.46. The number of hydrogen-bond acceptors (Lipinski definition) is 2. The van der Waals surface area contributed by atoms with Gasteiger partial charge in [-0.15, -0.1) is 0 Å². The van der Waals surface area contributed by atoms with Crippen LogP contribution in [0.1, 0.15) is 18.5 Å². The highest BCUT2D eigenvalue weighted by Crippen LogP contribution is 2.28. The molecular formula is C17H15ClN2O. The van der Waals surface area contributed by atoms with E-state index in [1.165, 1.54) is 0 Å². The van der Waals surface area contributed by atoms with E-state index in [-0.39, 0.29) is 11.5 Å². The van der Waals surface area contributed by atoms with Crippen LogP contribution in [-0.2, 0) is 0 Å². The van der Waals surface area contributed by atoms with Crippen LogP contribution in [-0.4, -0.2) is 4.98 Å². The summed E-state index contributed by atoms with van der Waals surface area (Å²) in [7, 11) is 0. The number of benzene rings is 2. The topological polar surface area (TPSA) is 58.9 Å². The monoisotopic (exact) mass is 298 g/mol. The second kappa shape index (κ2) is 5.35. The van der Waals surface area contributed by atoms with Crippen LogP contribution in [0.4, 0.5) is 0 Å². The molecule has 1 unspecified atom stereocenters. The fourth-order valence-corrected chi connectivity index (χ4v) is 2.78. The van der Waals surface area contributed by atoms with E-state index in [0.29, 0.717) is 21.5 Å². The summed E-state index contributed by atoms with van der Waals surface area (Å²) in [6, 6.07) is 14.6. The molecule has 0 fully saturated rings. The Bertz CT molecular complexity index is 854. The predicted molar refractivity (Wildman–Crippen MR) is 87.6 cm³/mol. The van der Waals surface area contributed by atoms with Gasteiger partial charge in [-0.2, -0.15) is 0 Å². The minimum absolute atomic E-state index is 0.0693. The van der Waals surface area contributed by atoms with Crippen molar-refractivity contribution in [1.29, 1.82) is 0 Å². The van der Waals surface area contributed by atoms with Gasteiger partial charge in [-0.05, 0) is 24.6 Å². The number of fused-ring (bicyclic) bond motifs is 1. The van der Waals surface area contributed by atoms with Gasteiger partial charge < -0.3 is 10.7 Å². The molecule has 2 aromatic carbocycles. The largest absolute Gasteiger partial charge is 0.353 e. The molecule has 0 radical (unpaired) electrons. The summed E-state index contributed by atoms with van der Waals surface area (Å²) < 4.78 is 0. The van der Waals surface area contributed by atoms with E-state index < -0.39 is 0 Å². The van der Waals surface area contributed by atoms with E-state index in [1.807, 2.05) is 37.3 Å². The van der Waals surface area contributed by atoms with Gasteiger partial charge in [-0.1, -0.05) is 48.0 Å². The van der Waals surface area contributed by atoms with Crippen LogP contribution < -0.4 is 11.2 Å². The van der Waals surface area contributed by atoms with Crippen molar-refractivity contribution in [2.24, 2.45) is 5.73 Å². The van der Waals surface area contributed by atoms with E-state index in [4.69, 9.17) is 17.3 Å². The Hall–Kier alpha value is -2.10. The number of para-hydroxylation sites is 1. The van der Waals surface area contributed by atoms with E-state index in [0.717, 1.165) is 11.3 Å². The normalized spacial score (nSPS) is 12.5. The summed E-state index contributed by atoms with van der Waals surface area (Å²) >= 11 is 6.22. The minimum atomic E-state index is -0.368. The van der Waals surface area contributed by atoms with Gasteiger partial charge in [0.15, 0.2) is 5.43 Å². The van der Waals surface area contributed by atoms with Gasteiger partial charge in [0.1, 0.15) is 0 Å². The highest BCUT2D eigenvalue weighted by atomic mass is 35.5. The molecule has 4 heteroatoms. The number of aromatic amines is 1. The van der Waals surface area contributed by atoms with E-state index in [2.05, 4.69) is 4.98 Å². The maximum absolute atomic E-state index is 12.8. The molecular weight excluding hydrogens is 284 g/mol. The Kier molecular flexibility index (Phi) is 3.53. The lowest BCUT2D eigenvalue weighted by atomic mass is 9.98. The summed E-state index contributed by atoms with van der Waals surface area (Å²) in [6.07, 6.45) is 0. The average Bonchev–Trinajstić information content (AvgIpc) is 2.48. The third-order valence-electron chi connectivity index (χ3n) is 3.54. The third-order valence-corrected chi connectivity index (χ3v) is 3.85. The molecule has 106 valence electrons. The Morgan fingerprint density at radius 3 is 2.48 bits per heavy atom. The molecule has 3 rings (SSSR count). The number of nitrogens with one attached hydrogen (secondary N) is 1. The third kappa shape index (κ3) is 2.35. The fourth-order valence-electron chi connectivity index (χ4n) is 2.56. The van der Waals surface area contributed by atoms with Gasteiger partial charge in [-0.3, -0.25) is 4.79 Å². The summed E-state index contributed by atoms with van der Waals surface area (Å²) in [5, 5.41) is 1.09. The van der Waals surface area contributed by atoms with Crippen molar-refractivity contribution in [2.45, 2.75) is 13.0 Å². The van der Waals surface area contributed by atoms with Crippen LogP contribution in [0.25, 0.3) is 22.2 Å². The van der Waals surface area contributed by atoms with Crippen molar-refractivity contribution < 1.29 is 0 Å². The molecule has 0 saturated carbocycles. The van der Waals surface area contributed by atoms with Crippen LogP contribution in [0.2, 0.25) is 5.02 Å². The minimum Gasteiger partial charge on any atom is -0.353 e. The number of hydrogen-bond donors (Lipinski definition) is 2. The smallest absolute Gasteiger partial charge is 0.194 e. The average molecular weight is 299 g/mol. The predicted octanol–water partition coefficient (Wildman–Crippen LogP) is 3.87. The van der Waals surface area contributed by atoms with E-state index in [1.54, 1.807) is 18.2 Å². The Morgan fingerprint density at radius 2 is 1.81 bits per heavy atom. The van der Waals surface area contributed by atoms with Crippen molar-refractivity contribution in [3.8, 4) is 11.3 Å². The maximum Gasteiger partial charge on any atom is 0.194 e. The fraction of sp³-hybridized carbons (Fsp3) is 0.118.